The van der Waals surface area contributed by atoms with Gasteiger partial charge in [-0.05, 0) is 36.6 Å². The molecule has 6 nitrogen and oxygen atoms in total. The third kappa shape index (κ3) is 8.01. The molecule has 0 amide bonds. The lowest BCUT2D eigenvalue weighted by Crippen LogP contribution is -2.37. The summed E-state index contributed by atoms with van der Waals surface area (Å²) in [6.45, 7) is 7.24. The number of benzene rings is 1. The number of rotatable bonds is 13. The van der Waals surface area contributed by atoms with Crippen molar-refractivity contribution < 1.29 is 19.4 Å². The highest BCUT2D eigenvalue weighted by Crippen LogP contribution is 2.14. The monoisotopic (exact) mass is 402 g/mol. The van der Waals surface area contributed by atoms with E-state index in [0.29, 0.717) is 32.7 Å². The van der Waals surface area contributed by atoms with Crippen LogP contribution in [0.2, 0.25) is 0 Å². The summed E-state index contributed by atoms with van der Waals surface area (Å²) in [5, 5.41) is 10.3. The number of hydrogen-bond donors (Lipinski definition) is 1. The second-order valence-electron chi connectivity index (χ2n) is 7.37. The summed E-state index contributed by atoms with van der Waals surface area (Å²) in [5.74, 6) is -0.262. The third-order valence-corrected chi connectivity index (χ3v) is 4.88. The van der Waals surface area contributed by atoms with Gasteiger partial charge >= 0.3 is 5.97 Å². The summed E-state index contributed by atoms with van der Waals surface area (Å²) < 4.78 is 12.6. The maximum Gasteiger partial charge on any atom is 0.305 e. The molecule has 6 heteroatoms. The summed E-state index contributed by atoms with van der Waals surface area (Å²) in [6.07, 6.45) is 2.48. The number of hydrogen-bond acceptors (Lipinski definition) is 5. The summed E-state index contributed by atoms with van der Waals surface area (Å²) in [5.41, 5.74) is 3.73. The van der Waals surface area contributed by atoms with Crippen molar-refractivity contribution in [2.24, 2.45) is 0 Å². The summed E-state index contributed by atoms with van der Waals surface area (Å²) in [4.78, 5) is 13.7. The van der Waals surface area contributed by atoms with E-state index in [9.17, 15) is 9.90 Å². The van der Waals surface area contributed by atoms with Crippen molar-refractivity contribution in [1.82, 2.24) is 9.47 Å². The van der Waals surface area contributed by atoms with E-state index in [1.54, 1.807) is 7.11 Å². The van der Waals surface area contributed by atoms with Gasteiger partial charge in [-0.1, -0.05) is 31.2 Å². The van der Waals surface area contributed by atoms with Gasteiger partial charge in [0.05, 0.1) is 6.61 Å². The number of aliphatic hydroxyl groups excluding tert-OH is 1. The molecule has 0 spiro atoms. The van der Waals surface area contributed by atoms with E-state index in [2.05, 4.69) is 52.9 Å². The fourth-order valence-electron chi connectivity index (χ4n) is 3.22. The van der Waals surface area contributed by atoms with E-state index < -0.39 is 6.10 Å². The van der Waals surface area contributed by atoms with Gasteiger partial charge in [0, 0.05) is 51.6 Å². The molecule has 0 unspecified atom stereocenters. The molecule has 1 heterocycles. The number of ether oxygens (including phenoxy) is 2. The van der Waals surface area contributed by atoms with E-state index >= 15 is 0 Å². The van der Waals surface area contributed by atoms with Gasteiger partial charge in [-0.3, -0.25) is 9.69 Å². The lowest BCUT2D eigenvalue weighted by atomic mass is 10.1. The molecule has 1 N–H and O–H groups in total. The molecule has 160 valence electrons. The SMILES string of the molecule is CCCC(=O)OC[C@@H](O)CN(CCOC)Cc1cccn1Cc1ccccc1C. The average Bonchev–Trinajstić information content (AvgIpc) is 3.13. The van der Waals surface area contributed by atoms with Gasteiger partial charge in [-0.2, -0.15) is 0 Å². The first kappa shape index (κ1) is 23.1. The molecule has 29 heavy (non-hydrogen) atoms. The van der Waals surface area contributed by atoms with Crippen LogP contribution in [0, 0.1) is 6.92 Å². The van der Waals surface area contributed by atoms with Crippen LogP contribution in [0.4, 0.5) is 0 Å². The van der Waals surface area contributed by atoms with Crippen molar-refractivity contribution in [1.29, 1.82) is 0 Å². The van der Waals surface area contributed by atoms with Crippen molar-refractivity contribution in [3.8, 4) is 0 Å². The van der Waals surface area contributed by atoms with E-state index in [-0.39, 0.29) is 12.6 Å². The molecule has 1 aromatic carbocycles. The topological polar surface area (TPSA) is 63.9 Å². The fourth-order valence-corrected chi connectivity index (χ4v) is 3.22. The molecular formula is C23H34N2O4. The van der Waals surface area contributed by atoms with E-state index in [0.717, 1.165) is 13.0 Å². The molecule has 0 saturated heterocycles. The maximum atomic E-state index is 11.5. The Labute approximate surface area is 174 Å². The number of nitrogens with zero attached hydrogens (tertiary/aromatic N) is 2. The van der Waals surface area contributed by atoms with Crippen LogP contribution in [-0.4, -0.2) is 60.1 Å². The van der Waals surface area contributed by atoms with Crippen LogP contribution in [0.5, 0.6) is 0 Å². The number of methoxy groups -OCH3 is 1. The Morgan fingerprint density at radius 3 is 2.76 bits per heavy atom. The minimum Gasteiger partial charge on any atom is -0.463 e. The molecule has 0 aliphatic heterocycles. The third-order valence-electron chi connectivity index (χ3n) is 4.88. The fraction of sp³-hybridized carbons (Fsp3) is 0.522. The standard InChI is InChI=1S/C23H34N2O4/c1-4-8-23(27)29-18-22(26)17-24(13-14-28-3)16-21-11-7-12-25(21)15-20-10-6-5-9-19(20)2/h5-7,9-12,22,26H,4,8,13-18H2,1-3H3/t22-/m0/s1. The van der Waals surface area contributed by atoms with Gasteiger partial charge in [0.2, 0.25) is 0 Å². The van der Waals surface area contributed by atoms with Crippen molar-refractivity contribution in [2.45, 2.75) is 45.9 Å². The lowest BCUT2D eigenvalue weighted by Gasteiger charge is -2.25. The van der Waals surface area contributed by atoms with Gasteiger partial charge < -0.3 is 19.1 Å². The number of aryl methyl sites for hydroxylation is 1. The van der Waals surface area contributed by atoms with Gasteiger partial charge in [-0.25, -0.2) is 0 Å². The maximum absolute atomic E-state index is 11.5. The predicted octanol–water partition coefficient (Wildman–Crippen LogP) is 3.00. The Morgan fingerprint density at radius 1 is 1.24 bits per heavy atom. The zero-order valence-electron chi connectivity index (χ0n) is 17.8. The Balaban J connectivity index is 1.98. The molecule has 0 radical (unpaired) electrons. The number of carbonyl (C=O) groups is 1. The second kappa shape index (κ2) is 12.4. The molecule has 0 saturated carbocycles. The second-order valence-corrected chi connectivity index (χ2v) is 7.37. The number of esters is 1. The summed E-state index contributed by atoms with van der Waals surface area (Å²) >= 11 is 0. The first-order valence-electron chi connectivity index (χ1n) is 10.3. The average molecular weight is 403 g/mol. The van der Waals surface area contributed by atoms with Crippen LogP contribution in [-0.2, 0) is 27.4 Å². The van der Waals surface area contributed by atoms with Crippen molar-refractivity contribution >= 4 is 5.97 Å². The number of carbonyl (C=O) groups excluding carboxylic acids is 1. The largest absolute Gasteiger partial charge is 0.463 e. The smallest absolute Gasteiger partial charge is 0.305 e. The van der Waals surface area contributed by atoms with Crippen LogP contribution >= 0.6 is 0 Å². The molecule has 0 aliphatic carbocycles. The minimum atomic E-state index is -0.729. The highest BCUT2D eigenvalue weighted by Gasteiger charge is 2.16. The van der Waals surface area contributed by atoms with Crippen LogP contribution in [0.1, 0.15) is 36.6 Å². The normalized spacial score (nSPS) is 12.3. The molecule has 1 atom stereocenters. The molecule has 1 aromatic heterocycles. The summed E-state index contributed by atoms with van der Waals surface area (Å²) in [6, 6.07) is 12.5. The van der Waals surface area contributed by atoms with Crippen LogP contribution in [0.25, 0.3) is 0 Å². The number of aromatic nitrogens is 1. The van der Waals surface area contributed by atoms with E-state index in [1.807, 2.05) is 13.0 Å². The van der Waals surface area contributed by atoms with Crippen molar-refractivity contribution in [2.75, 3.05) is 33.4 Å². The Hall–Kier alpha value is -2.15. The van der Waals surface area contributed by atoms with Gasteiger partial charge in [0.25, 0.3) is 0 Å². The van der Waals surface area contributed by atoms with Crippen LogP contribution in [0.3, 0.4) is 0 Å². The first-order valence-corrected chi connectivity index (χ1v) is 10.3. The molecule has 0 aliphatic rings. The lowest BCUT2D eigenvalue weighted by molar-refractivity contribution is -0.147. The van der Waals surface area contributed by atoms with Crippen LogP contribution < -0.4 is 0 Å². The predicted molar refractivity (Wildman–Crippen MR) is 114 cm³/mol. The molecule has 0 fully saturated rings. The zero-order chi connectivity index (χ0) is 21.1. The molecular weight excluding hydrogens is 368 g/mol. The zero-order valence-corrected chi connectivity index (χ0v) is 17.8. The number of aliphatic hydroxyl groups is 1. The van der Waals surface area contributed by atoms with E-state index in [4.69, 9.17) is 9.47 Å². The Kier molecular flexibility index (Phi) is 9.91. The van der Waals surface area contributed by atoms with Crippen LogP contribution in [0.15, 0.2) is 42.6 Å². The van der Waals surface area contributed by atoms with Gasteiger partial charge in [0.1, 0.15) is 12.7 Å². The Bertz CT molecular complexity index is 744. The van der Waals surface area contributed by atoms with Gasteiger partial charge in [-0.15, -0.1) is 0 Å². The quantitative estimate of drug-likeness (QED) is 0.522. The highest BCUT2D eigenvalue weighted by molar-refractivity contribution is 5.69. The first-order chi connectivity index (χ1) is 14.0. The van der Waals surface area contributed by atoms with Crippen molar-refractivity contribution in [3.05, 3.63) is 59.4 Å². The molecule has 2 aromatic rings. The van der Waals surface area contributed by atoms with Gasteiger partial charge in [0.15, 0.2) is 0 Å². The highest BCUT2D eigenvalue weighted by atomic mass is 16.5. The Morgan fingerprint density at radius 2 is 2.03 bits per heavy atom. The van der Waals surface area contributed by atoms with Crippen molar-refractivity contribution in [3.63, 3.8) is 0 Å². The minimum absolute atomic E-state index is 0.0204. The molecule has 2 rings (SSSR count). The summed E-state index contributed by atoms with van der Waals surface area (Å²) in [7, 11) is 1.67. The van der Waals surface area contributed by atoms with E-state index in [1.165, 1.54) is 16.8 Å². The molecule has 0 bridgehead atoms.